The largest absolute Gasteiger partial charge is 0.393 e. The molecule has 2 N–H and O–H groups in total. The van der Waals surface area contributed by atoms with Crippen LogP contribution in [0.3, 0.4) is 0 Å². The van der Waals surface area contributed by atoms with E-state index >= 15 is 0 Å². The predicted molar refractivity (Wildman–Crippen MR) is 121 cm³/mol. The molecular formula is C27H46O3. The fourth-order valence-electron chi connectivity index (χ4n) is 9.04. The zero-order chi connectivity index (χ0) is 21.9. The Hall–Kier alpha value is -0.410. The molecule has 0 heterocycles. The van der Waals surface area contributed by atoms with Crippen molar-refractivity contribution in [1.82, 2.24) is 0 Å². The van der Waals surface area contributed by atoms with Crippen LogP contribution in [0.4, 0.5) is 0 Å². The minimum atomic E-state index is -1.30. The van der Waals surface area contributed by atoms with Crippen LogP contribution in [0.25, 0.3) is 0 Å². The second-order valence-electron chi connectivity index (χ2n) is 12.7. The van der Waals surface area contributed by atoms with Gasteiger partial charge in [-0.3, -0.25) is 4.79 Å². The van der Waals surface area contributed by atoms with Crippen LogP contribution < -0.4 is 0 Å². The van der Waals surface area contributed by atoms with Crippen molar-refractivity contribution in [3.05, 3.63) is 0 Å². The molecule has 9 atom stereocenters. The number of carbonyl (C=O) groups excluding carboxylic acids is 1. The van der Waals surface area contributed by atoms with Crippen LogP contribution in [0.5, 0.6) is 0 Å². The number of hydrogen-bond donors (Lipinski definition) is 2. The molecule has 30 heavy (non-hydrogen) atoms. The van der Waals surface area contributed by atoms with Crippen molar-refractivity contribution in [2.24, 2.45) is 46.3 Å². The quantitative estimate of drug-likeness (QED) is 0.596. The summed E-state index contributed by atoms with van der Waals surface area (Å²) in [6.45, 7) is 11.9. The number of fused-ring (bicyclic) bond motifs is 5. The Kier molecular flexibility index (Phi) is 5.97. The van der Waals surface area contributed by atoms with Crippen molar-refractivity contribution in [2.75, 3.05) is 0 Å². The van der Waals surface area contributed by atoms with Gasteiger partial charge in [-0.1, -0.05) is 53.9 Å². The van der Waals surface area contributed by atoms with E-state index in [1.807, 2.05) is 0 Å². The number of aliphatic hydroxyl groups excluding tert-OH is 1. The fraction of sp³-hybridized carbons (Fsp3) is 0.963. The number of carbonyl (C=O) groups is 1. The lowest BCUT2D eigenvalue weighted by molar-refractivity contribution is -0.213. The standard InChI is InChI=1S/C27H46O3/c1-17(2)7-6-8-18(3)21-9-10-22-20-15-24(29)27(30)16-19(28)11-14-26(27,5)23(20)12-13-25(21,22)4/h17-23,28,30H,6-16H2,1-5H3/t18?,19?,20?,21?,22?,23?,25-,26-,27+/m1/s1. The maximum Gasteiger partial charge on any atom is 0.165 e. The van der Waals surface area contributed by atoms with Crippen molar-refractivity contribution in [2.45, 2.75) is 117 Å². The molecule has 4 aliphatic rings. The zero-order valence-electron chi connectivity index (χ0n) is 20.1. The summed E-state index contributed by atoms with van der Waals surface area (Å²) in [5.41, 5.74) is -1.30. The van der Waals surface area contributed by atoms with Gasteiger partial charge < -0.3 is 10.2 Å². The van der Waals surface area contributed by atoms with Crippen LogP contribution in [0.15, 0.2) is 0 Å². The van der Waals surface area contributed by atoms with E-state index in [2.05, 4.69) is 34.6 Å². The number of aliphatic hydroxyl groups is 2. The highest BCUT2D eigenvalue weighted by atomic mass is 16.3. The van der Waals surface area contributed by atoms with Gasteiger partial charge in [-0.15, -0.1) is 0 Å². The molecule has 4 fully saturated rings. The Bertz CT molecular complexity index is 658. The lowest BCUT2D eigenvalue weighted by Gasteiger charge is -2.63. The van der Waals surface area contributed by atoms with Crippen molar-refractivity contribution in [3.63, 3.8) is 0 Å². The third-order valence-corrected chi connectivity index (χ3v) is 10.8. The molecule has 6 unspecified atom stereocenters. The minimum absolute atomic E-state index is 0.0303. The van der Waals surface area contributed by atoms with Gasteiger partial charge in [0.2, 0.25) is 0 Å². The first-order chi connectivity index (χ1) is 14.0. The van der Waals surface area contributed by atoms with E-state index in [9.17, 15) is 15.0 Å². The summed E-state index contributed by atoms with van der Waals surface area (Å²) in [7, 11) is 0. The summed E-state index contributed by atoms with van der Waals surface area (Å²) in [4.78, 5) is 13.3. The molecule has 172 valence electrons. The van der Waals surface area contributed by atoms with Crippen molar-refractivity contribution in [1.29, 1.82) is 0 Å². The summed E-state index contributed by atoms with van der Waals surface area (Å²) >= 11 is 0. The summed E-state index contributed by atoms with van der Waals surface area (Å²) in [5.74, 6) is 3.87. The van der Waals surface area contributed by atoms with Gasteiger partial charge in [0.05, 0.1) is 6.10 Å². The molecule has 4 aliphatic carbocycles. The molecule has 0 aromatic heterocycles. The molecule has 0 aromatic rings. The second-order valence-corrected chi connectivity index (χ2v) is 12.7. The number of ketones is 1. The highest BCUT2D eigenvalue weighted by Crippen LogP contribution is 2.68. The highest BCUT2D eigenvalue weighted by Gasteiger charge is 2.67. The average Bonchev–Trinajstić information content (AvgIpc) is 3.01. The maximum absolute atomic E-state index is 13.3. The van der Waals surface area contributed by atoms with Gasteiger partial charge in [-0.2, -0.15) is 0 Å². The molecule has 4 rings (SSSR count). The first kappa shape index (κ1) is 22.8. The average molecular weight is 419 g/mol. The van der Waals surface area contributed by atoms with Gasteiger partial charge in [0.1, 0.15) is 5.60 Å². The summed E-state index contributed by atoms with van der Waals surface area (Å²) < 4.78 is 0. The number of Topliss-reactive ketones (excluding diaryl/α,β-unsaturated/α-hetero) is 1. The predicted octanol–water partition coefficient (Wildman–Crippen LogP) is 5.76. The summed E-state index contributed by atoms with van der Waals surface area (Å²) in [5, 5.41) is 21.7. The third-order valence-electron chi connectivity index (χ3n) is 10.8. The maximum atomic E-state index is 13.3. The lowest BCUT2D eigenvalue weighted by Crippen LogP contribution is -2.67. The van der Waals surface area contributed by atoms with E-state index in [1.54, 1.807) is 0 Å². The Balaban J connectivity index is 1.54. The van der Waals surface area contributed by atoms with Gasteiger partial charge in [-0.05, 0) is 79.4 Å². The lowest BCUT2D eigenvalue weighted by atomic mass is 9.42. The molecule has 0 radical (unpaired) electrons. The van der Waals surface area contributed by atoms with Crippen LogP contribution in [-0.4, -0.2) is 27.7 Å². The molecule has 0 spiro atoms. The molecule has 3 nitrogen and oxygen atoms in total. The first-order valence-electron chi connectivity index (χ1n) is 13.0. The Morgan fingerprint density at radius 3 is 2.43 bits per heavy atom. The molecule has 0 aliphatic heterocycles. The van der Waals surface area contributed by atoms with E-state index in [0.717, 1.165) is 37.0 Å². The van der Waals surface area contributed by atoms with E-state index in [-0.39, 0.29) is 17.6 Å². The Morgan fingerprint density at radius 2 is 1.73 bits per heavy atom. The van der Waals surface area contributed by atoms with Gasteiger partial charge >= 0.3 is 0 Å². The third kappa shape index (κ3) is 3.33. The molecule has 3 heteroatoms. The SMILES string of the molecule is CC(C)CCCC(C)C1CCC2C3CC(=O)[C@@]4(O)CC(O)CC[C@]4(C)C3CC[C@]12C. The molecule has 4 saturated carbocycles. The van der Waals surface area contributed by atoms with Gasteiger partial charge in [-0.25, -0.2) is 0 Å². The smallest absolute Gasteiger partial charge is 0.165 e. The molecule has 0 amide bonds. The first-order valence-corrected chi connectivity index (χ1v) is 13.0. The summed E-state index contributed by atoms with van der Waals surface area (Å²) in [6, 6.07) is 0. The minimum Gasteiger partial charge on any atom is -0.393 e. The zero-order valence-corrected chi connectivity index (χ0v) is 20.1. The molecule has 0 bridgehead atoms. The van der Waals surface area contributed by atoms with Gasteiger partial charge in [0.25, 0.3) is 0 Å². The topological polar surface area (TPSA) is 57.5 Å². The van der Waals surface area contributed by atoms with Crippen LogP contribution in [0.1, 0.15) is 105 Å². The Labute approximate surface area is 184 Å². The van der Waals surface area contributed by atoms with Crippen LogP contribution in [-0.2, 0) is 4.79 Å². The van der Waals surface area contributed by atoms with E-state index in [4.69, 9.17) is 0 Å². The Morgan fingerprint density at radius 1 is 1.00 bits per heavy atom. The van der Waals surface area contributed by atoms with Crippen molar-refractivity contribution in [3.8, 4) is 0 Å². The van der Waals surface area contributed by atoms with E-state index in [0.29, 0.717) is 29.6 Å². The van der Waals surface area contributed by atoms with Gasteiger partial charge in [0.15, 0.2) is 5.78 Å². The number of hydrogen-bond acceptors (Lipinski definition) is 3. The van der Waals surface area contributed by atoms with Crippen LogP contribution in [0.2, 0.25) is 0 Å². The van der Waals surface area contributed by atoms with Crippen molar-refractivity contribution < 1.29 is 15.0 Å². The summed E-state index contributed by atoms with van der Waals surface area (Å²) in [6.07, 6.45) is 10.8. The van der Waals surface area contributed by atoms with E-state index < -0.39 is 11.7 Å². The monoisotopic (exact) mass is 418 g/mol. The molecule has 0 aromatic carbocycles. The van der Waals surface area contributed by atoms with Crippen LogP contribution in [0, 0.1) is 46.3 Å². The second kappa shape index (κ2) is 7.87. The normalized spacial score (nSPS) is 49.5. The fourth-order valence-corrected chi connectivity index (χ4v) is 9.04. The highest BCUT2D eigenvalue weighted by molar-refractivity contribution is 5.89. The number of rotatable bonds is 5. The van der Waals surface area contributed by atoms with Crippen LogP contribution >= 0.6 is 0 Å². The molecule has 0 saturated heterocycles. The molecular weight excluding hydrogens is 372 g/mol. The van der Waals surface area contributed by atoms with Gasteiger partial charge in [0, 0.05) is 18.3 Å². The van der Waals surface area contributed by atoms with E-state index in [1.165, 1.54) is 38.5 Å². The van der Waals surface area contributed by atoms with Crippen molar-refractivity contribution >= 4 is 5.78 Å².